The van der Waals surface area contributed by atoms with Gasteiger partial charge in [-0.1, -0.05) is 0 Å². The summed E-state index contributed by atoms with van der Waals surface area (Å²) >= 11 is 0. The molecule has 2 N–H and O–H groups in total. The van der Waals surface area contributed by atoms with Gasteiger partial charge in [-0.05, 0) is 70.1 Å². The minimum absolute atomic E-state index is 0.0274. The Balaban J connectivity index is 1.60. The van der Waals surface area contributed by atoms with E-state index in [1.807, 2.05) is 0 Å². The van der Waals surface area contributed by atoms with Crippen molar-refractivity contribution in [2.24, 2.45) is 0 Å². The maximum absolute atomic E-state index is 12.3. The van der Waals surface area contributed by atoms with Gasteiger partial charge in [0.05, 0.1) is 11.1 Å². The number of hydrogen-bond acceptors (Lipinski definition) is 5. The number of ether oxygens (including phenoxy) is 1. The summed E-state index contributed by atoms with van der Waals surface area (Å²) in [6, 6.07) is 8.41. The standard InChI is InChI=1S/C19H22N2O4/c1-12-11-17(13(2)24-12)18(22)21-15-5-3-14(4-6-15)19(23)25-16-7-9-20-10-8-16/h3-6,11,16,20H,7-10H2,1-2H3,(H,21,22). The number of carbonyl (C=O) groups excluding carboxylic acids is 2. The molecule has 1 amide bonds. The summed E-state index contributed by atoms with van der Waals surface area (Å²) in [6.45, 7) is 5.29. The van der Waals surface area contributed by atoms with Crippen LogP contribution >= 0.6 is 0 Å². The van der Waals surface area contributed by atoms with Crippen LogP contribution < -0.4 is 10.6 Å². The fourth-order valence-corrected chi connectivity index (χ4v) is 2.88. The molecule has 0 atom stereocenters. The van der Waals surface area contributed by atoms with Gasteiger partial charge in [0.15, 0.2) is 0 Å². The van der Waals surface area contributed by atoms with Gasteiger partial charge in [0.1, 0.15) is 17.6 Å². The molecule has 1 aromatic carbocycles. The lowest BCUT2D eigenvalue weighted by molar-refractivity contribution is 0.0229. The fourth-order valence-electron chi connectivity index (χ4n) is 2.88. The van der Waals surface area contributed by atoms with Gasteiger partial charge in [-0.2, -0.15) is 0 Å². The highest BCUT2D eigenvalue weighted by Gasteiger charge is 2.19. The number of anilines is 1. The van der Waals surface area contributed by atoms with Crippen LogP contribution in [0.1, 0.15) is 45.1 Å². The molecular weight excluding hydrogens is 320 g/mol. The van der Waals surface area contributed by atoms with Crippen LogP contribution in [0.5, 0.6) is 0 Å². The first kappa shape index (κ1) is 17.2. The molecule has 0 bridgehead atoms. The van der Waals surface area contributed by atoms with Gasteiger partial charge in [-0.25, -0.2) is 4.79 Å². The van der Waals surface area contributed by atoms with E-state index in [9.17, 15) is 9.59 Å². The van der Waals surface area contributed by atoms with Crippen LogP contribution in [0.25, 0.3) is 0 Å². The molecule has 0 unspecified atom stereocenters. The molecule has 1 aromatic heterocycles. The van der Waals surface area contributed by atoms with Crippen molar-refractivity contribution in [3.63, 3.8) is 0 Å². The van der Waals surface area contributed by atoms with E-state index in [-0.39, 0.29) is 18.0 Å². The molecule has 1 saturated heterocycles. The average Bonchev–Trinajstić information content (AvgIpc) is 2.95. The predicted molar refractivity (Wildman–Crippen MR) is 93.9 cm³/mol. The van der Waals surface area contributed by atoms with E-state index in [1.54, 1.807) is 44.2 Å². The van der Waals surface area contributed by atoms with Crippen molar-refractivity contribution in [3.8, 4) is 0 Å². The van der Waals surface area contributed by atoms with Crippen LogP contribution in [0.2, 0.25) is 0 Å². The lowest BCUT2D eigenvalue weighted by Gasteiger charge is -2.22. The van der Waals surface area contributed by atoms with Crippen molar-refractivity contribution in [2.75, 3.05) is 18.4 Å². The number of hydrogen-bond donors (Lipinski definition) is 2. The van der Waals surface area contributed by atoms with Crippen LogP contribution in [0.15, 0.2) is 34.7 Å². The van der Waals surface area contributed by atoms with Gasteiger partial charge in [0.2, 0.25) is 0 Å². The molecule has 0 spiro atoms. The number of aryl methyl sites for hydroxylation is 2. The normalized spacial score (nSPS) is 15.0. The number of rotatable bonds is 4. The highest BCUT2D eigenvalue weighted by atomic mass is 16.5. The SMILES string of the molecule is Cc1cc(C(=O)Nc2ccc(C(=O)OC3CCNCC3)cc2)c(C)o1. The molecule has 1 aliphatic heterocycles. The molecule has 0 saturated carbocycles. The third-order valence-corrected chi connectivity index (χ3v) is 4.22. The summed E-state index contributed by atoms with van der Waals surface area (Å²) in [7, 11) is 0. The van der Waals surface area contributed by atoms with Gasteiger partial charge in [-0.3, -0.25) is 4.79 Å². The van der Waals surface area contributed by atoms with E-state index in [2.05, 4.69) is 10.6 Å². The van der Waals surface area contributed by atoms with E-state index < -0.39 is 0 Å². The first-order valence-electron chi connectivity index (χ1n) is 8.43. The topological polar surface area (TPSA) is 80.6 Å². The number of nitrogens with one attached hydrogen (secondary N) is 2. The lowest BCUT2D eigenvalue weighted by Crippen LogP contribution is -2.33. The van der Waals surface area contributed by atoms with Gasteiger partial charge >= 0.3 is 5.97 Å². The van der Waals surface area contributed by atoms with E-state index >= 15 is 0 Å². The third-order valence-electron chi connectivity index (χ3n) is 4.22. The van der Waals surface area contributed by atoms with Crippen molar-refractivity contribution in [1.82, 2.24) is 5.32 Å². The van der Waals surface area contributed by atoms with Crippen LogP contribution in [-0.4, -0.2) is 31.1 Å². The summed E-state index contributed by atoms with van der Waals surface area (Å²) < 4.78 is 10.9. The highest BCUT2D eigenvalue weighted by molar-refractivity contribution is 6.05. The number of furan rings is 1. The molecule has 1 aliphatic rings. The zero-order chi connectivity index (χ0) is 17.8. The summed E-state index contributed by atoms with van der Waals surface area (Å²) in [6.07, 6.45) is 1.65. The first-order valence-corrected chi connectivity index (χ1v) is 8.43. The third kappa shape index (κ3) is 4.28. The molecule has 132 valence electrons. The molecule has 6 nitrogen and oxygen atoms in total. The number of piperidine rings is 1. The summed E-state index contributed by atoms with van der Waals surface area (Å²) in [5.74, 6) is 0.710. The second-order valence-electron chi connectivity index (χ2n) is 6.21. The van der Waals surface area contributed by atoms with E-state index in [1.165, 1.54) is 0 Å². The van der Waals surface area contributed by atoms with Crippen LogP contribution in [0.3, 0.4) is 0 Å². The molecule has 6 heteroatoms. The number of benzene rings is 1. The Morgan fingerprint density at radius 1 is 1.16 bits per heavy atom. The Kier molecular flexibility index (Phi) is 5.19. The second-order valence-corrected chi connectivity index (χ2v) is 6.21. The lowest BCUT2D eigenvalue weighted by atomic mass is 10.1. The maximum atomic E-state index is 12.3. The molecule has 1 fully saturated rings. The summed E-state index contributed by atoms with van der Waals surface area (Å²) in [5.41, 5.74) is 1.60. The molecule has 25 heavy (non-hydrogen) atoms. The molecule has 2 aromatic rings. The van der Waals surface area contributed by atoms with E-state index in [0.29, 0.717) is 28.3 Å². The van der Waals surface area contributed by atoms with E-state index in [0.717, 1.165) is 25.9 Å². The molecular formula is C19H22N2O4. The number of esters is 1. The number of carbonyl (C=O) groups is 2. The molecule has 0 radical (unpaired) electrons. The molecule has 0 aliphatic carbocycles. The second kappa shape index (κ2) is 7.53. The summed E-state index contributed by atoms with van der Waals surface area (Å²) in [4.78, 5) is 24.4. The van der Waals surface area contributed by atoms with Crippen molar-refractivity contribution in [1.29, 1.82) is 0 Å². The van der Waals surface area contributed by atoms with Crippen molar-refractivity contribution in [3.05, 3.63) is 53.0 Å². The Morgan fingerprint density at radius 3 is 2.44 bits per heavy atom. The summed E-state index contributed by atoms with van der Waals surface area (Å²) in [5, 5.41) is 6.03. The van der Waals surface area contributed by atoms with E-state index in [4.69, 9.17) is 9.15 Å². The van der Waals surface area contributed by atoms with Crippen LogP contribution in [0, 0.1) is 13.8 Å². The van der Waals surface area contributed by atoms with Gasteiger partial charge in [0, 0.05) is 5.69 Å². The average molecular weight is 342 g/mol. The zero-order valence-electron chi connectivity index (χ0n) is 14.4. The smallest absolute Gasteiger partial charge is 0.338 e. The Hall–Kier alpha value is -2.60. The minimum Gasteiger partial charge on any atom is -0.466 e. The zero-order valence-corrected chi connectivity index (χ0v) is 14.4. The number of amides is 1. The Bertz CT molecular complexity index is 758. The molecule has 3 rings (SSSR count). The van der Waals surface area contributed by atoms with Crippen LogP contribution in [-0.2, 0) is 4.74 Å². The molecule has 2 heterocycles. The van der Waals surface area contributed by atoms with Gasteiger partial charge < -0.3 is 19.8 Å². The quantitative estimate of drug-likeness (QED) is 0.835. The van der Waals surface area contributed by atoms with Crippen LogP contribution in [0.4, 0.5) is 5.69 Å². The van der Waals surface area contributed by atoms with Crippen molar-refractivity contribution < 1.29 is 18.7 Å². The largest absolute Gasteiger partial charge is 0.466 e. The van der Waals surface area contributed by atoms with Gasteiger partial charge in [-0.15, -0.1) is 0 Å². The first-order chi connectivity index (χ1) is 12.0. The Labute approximate surface area is 146 Å². The fraction of sp³-hybridized carbons (Fsp3) is 0.368. The van der Waals surface area contributed by atoms with Crippen molar-refractivity contribution in [2.45, 2.75) is 32.8 Å². The maximum Gasteiger partial charge on any atom is 0.338 e. The monoisotopic (exact) mass is 342 g/mol. The highest BCUT2D eigenvalue weighted by Crippen LogP contribution is 2.18. The minimum atomic E-state index is -0.328. The van der Waals surface area contributed by atoms with Crippen molar-refractivity contribution >= 4 is 17.6 Å². The van der Waals surface area contributed by atoms with Gasteiger partial charge in [0.25, 0.3) is 5.91 Å². The Morgan fingerprint density at radius 2 is 1.84 bits per heavy atom. The predicted octanol–water partition coefficient (Wildman–Crippen LogP) is 3.06.